The van der Waals surface area contributed by atoms with Crippen LogP contribution < -0.4 is 9.47 Å². The highest BCUT2D eigenvalue weighted by Gasteiger charge is 2.22. The van der Waals surface area contributed by atoms with E-state index in [0.717, 1.165) is 58.0 Å². The Morgan fingerprint density at radius 3 is 1.41 bits per heavy atom. The molecule has 0 aliphatic rings. The van der Waals surface area contributed by atoms with Gasteiger partial charge in [0.1, 0.15) is 35.2 Å². The maximum atomic E-state index is 12.0. The summed E-state index contributed by atoms with van der Waals surface area (Å²) in [7, 11) is 0. The zero-order valence-electron chi connectivity index (χ0n) is 52.2. The van der Waals surface area contributed by atoms with Gasteiger partial charge in [-0.2, -0.15) is 8.78 Å². The monoisotopic (exact) mass is 1180 g/mol. The molecule has 0 aliphatic heterocycles. The van der Waals surface area contributed by atoms with Crippen molar-refractivity contribution < 1.29 is 32.6 Å². The van der Waals surface area contributed by atoms with Crippen LogP contribution in [0.15, 0.2) is 85.8 Å². The molecule has 0 N–H and O–H groups in total. The molecule has 83 heavy (non-hydrogen) atoms. The fourth-order valence-electron chi connectivity index (χ4n) is 8.13. The van der Waals surface area contributed by atoms with E-state index < -0.39 is 6.61 Å². The van der Waals surface area contributed by atoms with E-state index in [2.05, 4.69) is 106 Å². The molecular formula is C67H85Cl2F2N7O5. The summed E-state index contributed by atoms with van der Waals surface area (Å²) in [5.41, 5.74) is 9.28. The molecule has 0 fully saturated rings. The molecular weight excluding hydrogens is 1090 g/mol. The molecule has 446 valence electrons. The van der Waals surface area contributed by atoms with Gasteiger partial charge in [0.05, 0.1) is 44.9 Å². The van der Waals surface area contributed by atoms with Gasteiger partial charge < -0.3 is 9.47 Å². The zero-order chi connectivity index (χ0) is 62.6. The quantitative estimate of drug-likeness (QED) is 0.0795. The van der Waals surface area contributed by atoms with Gasteiger partial charge in [0.15, 0.2) is 17.3 Å². The number of nitrogens with zero attached hydrogens (tertiary/aromatic N) is 7. The lowest BCUT2D eigenvalue weighted by molar-refractivity contribution is -0.0501. The Morgan fingerprint density at radius 1 is 0.542 bits per heavy atom. The number of aryl methyl sites for hydroxylation is 4. The normalized spacial score (nSPS) is 11.4. The number of pyridine rings is 7. The fraction of sp³-hybridized carbons (Fsp3) is 0.463. The van der Waals surface area contributed by atoms with E-state index in [1.54, 1.807) is 32.3 Å². The third kappa shape index (κ3) is 26.5. The van der Waals surface area contributed by atoms with Crippen molar-refractivity contribution in [3.8, 4) is 23.3 Å². The topological polar surface area (TPSA) is 160 Å². The van der Waals surface area contributed by atoms with Crippen LogP contribution in [0.4, 0.5) is 8.78 Å². The van der Waals surface area contributed by atoms with E-state index in [1.165, 1.54) is 23.2 Å². The number of ether oxygens (including phenoxy) is 2. The number of hydrogen-bond donors (Lipinski definition) is 0. The second-order valence-corrected chi connectivity index (χ2v) is 26.6. The van der Waals surface area contributed by atoms with Crippen molar-refractivity contribution in [1.82, 2.24) is 34.9 Å². The fourth-order valence-corrected chi connectivity index (χ4v) is 8.51. The lowest BCUT2D eigenvalue weighted by atomic mass is 9.88. The van der Waals surface area contributed by atoms with Crippen LogP contribution in [-0.4, -0.2) is 65.5 Å². The smallest absolute Gasteiger partial charge is 0.387 e. The first-order valence-electron chi connectivity index (χ1n) is 27.7. The third-order valence-corrected chi connectivity index (χ3v) is 11.9. The van der Waals surface area contributed by atoms with E-state index in [0.29, 0.717) is 70.2 Å². The lowest BCUT2D eigenvalue weighted by Gasteiger charge is -2.18. The van der Waals surface area contributed by atoms with Crippen molar-refractivity contribution in [2.75, 3.05) is 6.61 Å². The average molecular weight is 1180 g/mol. The summed E-state index contributed by atoms with van der Waals surface area (Å²) < 4.78 is 33.7. The number of Topliss-reactive ketones (excluding diaryl/α,β-unsaturated/α-hetero) is 3. The Kier molecular flexibility index (Phi) is 26.9. The number of carbonyl (C=O) groups is 3. The predicted octanol–water partition coefficient (Wildman–Crippen LogP) is 17.7. The highest BCUT2D eigenvalue weighted by atomic mass is 35.5. The number of halogens is 4. The molecule has 0 atom stereocenters. The van der Waals surface area contributed by atoms with Crippen molar-refractivity contribution in [2.24, 2.45) is 27.6 Å². The summed E-state index contributed by atoms with van der Waals surface area (Å²) in [5.74, 6) is 6.60. The number of rotatable bonds is 13. The molecule has 0 radical (unpaired) electrons. The van der Waals surface area contributed by atoms with Gasteiger partial charge in [0.2, 0.25) is 0 Å². The van der Waals surface area contributed by atoms with Crippen LogP contribution in [0.5, 0.6) is 11.5 Å². The molecule has 7 aromatic rings. The van der Waals surface area contributed by atoms with Gasteiger partial charge in [0, 0.05) is 61.0 Å². The summed E-state index contributed by atoms with van der Waals surface area (Å²) in [6, 6.07) is 13.1. The van der Waals surface area contributed by atoms with Crippen molar-refractivity contribution >= 4 is 62.4 Å². The number of fused-ring (bicyclic) bond motifs is 2. The maximum Gasteiger partial charge on any atom is 0.387 e. The molecule has 0 aromatic carbocycles. The second-order valence-electron chi connectivity index (χ2n) is 25.7. The third-order valence-electron chi connectivity index (χ3n) is 11.5. The standard InChI is InChI=1S/C15H19NO2.C14H18N2.C13H15ClN2.C13H17F2NO2.C12H16ClNO/c1-5-6-7-18-13-9-12(4)15(16-10-13)14(17)8-11(2)3;1-10-7-11-5-6-15-12(8-14(2,3)4)13(11)16-9-10;1-13(2,3)7-11-12-9(4-5-15-11)6-10(14)8-16-12;1-8-5-9(18-12(14)15)7-16-11(8)10(17)6-13(2,3)4;1-8-5-9(13)7-14-11(8)10(15)6-12(2,3)4/h9-11H,7-8H2,1-4H3;5-7,9H,8H2,1-4H3;4-6,8H,7H2,1-3H3;5,7,12H,6H2,1-4H3;5,7H,6H2,1-4H3. The Hall–Kier alpha value is -6.82. The number of alkyl halides is 2. The SMILES string of the molecule is CC#CCOc1cnc(C(=O)CC(C)C)c(C)c1.CC(C)(C)Cc1nccc2cc(Cl)cnc12.Cc1cc(Cl)cnc1C(=O)CC(C)(C)C.Cc1cc(OC(F)F)cnc1C(=O)CC(C)(C)C.Cc1cnc2c(CC(C)(C)C)nccc2c1. The minimum Gasteiger partial charge on any atom is -0.479 e. The molecule has 0 saturated carbocycles. The number of aromatic nitrogens is 7. The minimum atomic E-state index is -2.89. The van der Waals surface area contributed by atoms with Crippen LogP contribution in [0.3, 0.4) is 0 Å². The summed E-state index contributed by atoms with van der Waals surface area (Å²) in [5, 5.41) is 3.48. The molecule has 16 heteroatoms. The molecule has 7 heterocycles. The summed E-state index contributed by atoms with van der Waals surface area (Å²) >= 11 is 11.7. The minimum absolute atomic E-state index is 0.00909. The molecule has 12 nitrogen and oxygen atoms in total. The Labute approximate surface area is 501 Å². The molecule has 7 aromatic heterocycles. The number of carbonyl (C=O) groups excluding carboxylic acids is 3. The van der Waals surface area contributed by atoms with Gasteiger partial charge in [-0.05, 0) is 140 Å². The molecule has 0 spiro atoms. The van der Waals surface area contributed by atoms with Crippen molar-refractivity contribution in [2.45, 2.75) is 170 Å². The van der Waals surface area contributed by atoms with Crippen molar-refractivity contribution in [1.29, 1.82) is 0 Å². The first-order valence-corrected chi connectivity index (χ1v) is 28.4. The van der Waals surface area contributed by atoms with E-state index in [-0.39, 0.29) is 44.8 Å². The Bertz CT molecular complexity index is 3270. The average Bonchev–Trinajstić information content (AvgIpc) is 3.48. The lowest BCUT2D eigenvalue weighted by Crippen LogP contribution is -2.15. The van der Waals surface area contributed by atoms with E-state index >= 15 is 0 Å². The molecule has 7 rings (SSSR count). The van der Waals surface area contributed by atoms with Gasteiger partial charge in [-0.3, -0.25) is 39.3 Å². The molecule has 0 aliphatic carbocycles. The van der Waals surface area contributed by atoms with E-state index in [1.807, 2.05) is 112 Å². The van der Waals surface area contributed by atoms with Crippen LogP contribution in [-0.2, 0) is 12.8 Å². The number of hydrogen-bond acceptors (Lipinski definition) is 12. The molecule has 0 amide bonds. The predicted molar refractivity (Wildman–Crippen MR) is 333 cm³/mol. The van der Waals surface area contributed by atoms with Crippen LogP contribution in [0, 0.1) is 67.1 Å². The van der Waals surface area contributed by atoms with Crippen LogP contribution in [0.2, 0.25) is 10.0 Å². The second kappa shape index (κ2) is 31.7. The Morgan fingerprint density at radius 2 is 0.964 bits per heavy atom. The van der Waals surface area contributed by atoms with Crippen LogP contribution >= 0.6 is 23.2 Å². The summed E-state index contributed by atoms with van der Waals surface area (Å²) in [6.07, 6.45) is 14.8. The van der Waals surface area contributed by atoms with Gasteiger partial charge in [0.25, 0.3) is 0 Å². The highest BCUT2D eigenvalue weighted by molar-refractivity contribution is 6.31. The van der Waals surface area contributed by atoms with Gasteiger partial charge in [-0.1, -0.05) is 126 Å². The van der Waals surface area contributed by atoms with Gasteiger partial charge in [-0.15, -0.1) is 5.92 Å². The van der Waals surface area contributed by atoms with E-state index in [4.69, 9.17) is 27.9 Å². The first-order chi connectivity index (χ1) is 38.4. The maximum absolute atomic E-state index is 12.0. The molecule has 0 unspecified atom stereocenters. The zero-order valence-corrected chi connectivity index (χ0v) is 53.7. The summed E-state index contributed by atoms with van der Waals surface area (Å²) in [6.45, 7) is 36.0. The van der Waals surface area contributed by atoms with E-state index in [9.17, 15) is 23.2 Å². The summed E-state index contributed by atoms with van der Waals surface area (Å²) in [4.78, 5) is 65.7. The molecule has 0 bridgehead atoms. The van der Waals surface area contributed by atoms with Gasteiger partial charge >= 0.3 is 6.61 Å². The Balaban J connectivity index is 0.000000272. The van der Waals surface area contributed by atoms with Crippen LogP contribution in [0.1, 0.15) is 188 Å². The van der Waals surface area contributed by atoms with Gasteiger partial charge in [-0.25, -0.2) is 9.97 Å². The van der Waals surface area contributed by atoms with Crippen molar-refractivity contribution in [3.63, 3.8) is 0 Å². The van der Waals surface area contributed by atoms with Crippen LogP contribution in [0.25, 0.3) is 21.8 Å². The molecule has 0 saturated heterocycles. The largest absolute Gasteiger partial charge is 0.479 e. The van der Waals surface area contributed by atoms with Crippen molar-refractivity contribution in [3.05, 3.63) is 147 Å². The highest BCUT2D eigenvalue weighted by Crippen LogP contribution is 2.28. The number of ketones is 3. The first kappa shape index (κ1) is 70.4.